The molecule has 1 heterocycles. The quantitative estimate of drug-likeness (QED) is 0.762. The normalized spacial score (nSPS) is 16.6. The lowest BCUT2D eigenvalue weighted by Gasteiger charge is -2.41. The van der Waals surface area contributed by atoms with Crippen molar-refractivity contribution in [1.82, 2.24) is 14.9 Å². The van der Waals surface area contributed by atoms with Crippen LogP contribution in [-0.2, 0) is 11.8 Å². The molecule has 0 bridgehead atoms. The number of nitriles is 1. The number of nitrogens with one attached hydrogen (secondary N) is 2. The largest absolute Gasteiger partial charge is 0.358 e. The number of hydrogen-bond acceptors (Lipinski definition) is 5. The summed E-state index contributed by atoms with van der Waals surface area (Å²) in [4.78, 5) is 29.8. The molecule has 0 spiro atoms. The first kappa shape index (κ1) is 21.8. The van der Waals surface area contributed by atoms with E-state index in [9.17, 15) is 14.9 Å². The van der Waals surface area contributed by atoms with Gasteiger partial charge in [-0.3, -0.25) is 9.36 Å². The van der Waals surface area contributed by atoms with Crippen molar-refractivity contribution in [3.8, 4) is 6.07 Å². The Bertz CT molecular complexity index is 1070. The van der Waals surface area contributed by atoms with Crippen LogP contribution in [0.1, 0.15) is 53.9 Å². The van der Waals surface area contributed by atoms with Gasteiger partial charge < -0.3 is 10.6 Å². The van der Waals surface area contributed by atoms with E-state index in [-0.39, 0.29) is 22.4 Å². The van der Waals surface area contributed by atoms with Crippen LogP contribution in [0, 0.1) is 22.2 Å². The highest BCUT2D eigenvalue weighted by Gasteiger charge is 2.46. The number of aromatic nitrogens is 2. The second-order valence-corrected chi connectivity index (χ2v) is 10.0. The van der Waals surface area contributed by atoms with Gasteiger partial charge in [-0.1, -0.05) is 46.8 Å². The van der Waals surface area contributed by atoms with Gasteiger partial charge in [-0.25, -0.2) is 4.79 Å². The van der Waals surface area contributed by atoms with Gasteiger partial charge >= 0.3 is 5.69 Å². The number of para-hydroxylation sites is 1. The molecule has 7 heteroatoms. The molecule has 0 saturated heterocycles. The fourth-order valence-corrected chi connectivity index (χ4v) is 3.31. The molecular weight excluding hydrogens is 378 g/mol. The number of rotatable bonds is 6. The lowest BCUT2D eigenvalue weighted by Crippen LogP contribution is -2.49. The fraction of sp³-hybridized carbons (Fsp3) is 0.565. The highest BCUT2D eigenvalue weighted by molar-refractivity contribution is 5.92. The van der Waals surface area contributed by atoms with E-state index < -0.39 is 11.6 Å². The first-order valence-electron chi connectivity index (χ1n) is 10.3. The van der Waals surface area contributed by atoms with Gasteiger partial charge in [0, 0.05) is 12.4 Å². The van der Waals surface area contributed by atoms with Gasteiger partial charge in [-0.2, -0.15) is 10.2 Å². The monoisotopic (exact) mass is 409 g/mol. The predicted molar refractivity (Wildman–Crippen MR) is 118 cm³/mol. The average molecular weight is 410 g/mol. The first-order valence-corrected chi connectivity index (χ1v) is 10.3. The van der Waals surface area contributed by atoms with E-state index in [1.165, 1.54) is 4.57 Å². The highest BCUT2D eigenvalue weighted by atomic mass is 16.2. The third-order valence-electron chi connectivity index (χ3n) is 6.71. The van der Waals surface area contributed by atoms with E-state index in [1.54, 1.807) is 7.05 Å². The molecule has 160 valence electrons. The third-order valence-corrected chi connectivity index (χ3v) is 6.71. The van der Waals surface area contributed by atoms with Gasteiger partial charge in [0.25, 0.3) is 0 Å². The van der Waals surface area contributed by atoms with E-state index in [4.69, 9.17) is 0 Å². The summed E-state index contributed by atoms with van der Waals surface area (Å²) in [5.74, 6) is 0.151. The summed E-state index contributed by atoms with van der Waals surface area (Å²) in [6.07, 6.45) is 1.85. The molecule has 0 unspecified atom stereocenters. The number of anilines is 1. The first-order chi connectivity index (χ1) is 13.9. The van der Waals surface area contributed by atoms with Gasteiger partial charge in [0.05, 0.1) is 11.6 Å². The zero-order valence-corrected chi connectivity index (χ0v) is 18.7. The molecule has 1 atom stereocenters. The van der Waals surface area contributed by atoms with E-state index in [1.807, 2.05) is 24.3 Å². The number of fused-ring (bicyclic) bond motifs is 1. The maximum Gasteiger partial charge on any atom is 0.349 e. The number of hydrogen-bond donors (Lipinski definition) is 2. The molecular formula is C23H31N5O2. The van der Waals surface area contributed by atoms with Crippen molar-refractivity contribution in [2.24, 2.45) is 17.9 Å². The van der Waals surface area contributed by atoms with Crippen molar-refractivity contribution >= 4 is 22.6 Å². The Morgan fingerprint density at radius 1 is 1.27 bits per heavy atom. The summed E-state index contributed by atoms with van der Waals surface area (Å²) in [5, 5.41) is 16.3. The van der Waals surface area contributed by atoms with Crippen LogP contribution in [0.3, 0.4) is 0 Å². The van der Waals surface area contributed by atoms with Crippen molar-refractivity contribution in [2.75, 3.05) is 5.32 Å². The maximum absolute atomic E-state index is 13.2. The van der Waals surface area contributed by atoms with Crippen molar-refractivity contribution < 1.29 is 4.79 Å². The Morgan fingerprint density at radius 2 is 1.90 bits per heavy atom. The van der Waals surface area contributed by atoms with Crippen LogP contribution in [0.4, 0.5) is 5.82 Å². The van der Waals surface area contributed by atoms with Crippen molar-refractivity contribution in [3.63, 3.8) is 0 Å². The molecule has 7 nitrogen and oxygen atoms in total. The molecule has 30 heavy (non-hydrogen) atoms. The lowest BCUT2D eigenvalue weighted by atomic mass is 9.66. The van der Waals surface area contributed by atoms with Gasteiger partial charge in [-0.15, -0.1) is 0 Å². The molecule has 1 aliphatic rings. The second kappa shape index (κ2) is 7.42. The van der Waals surface area contributed by atoms with Crippen LogP contribution in [-0.4, -0.2) is 27.0 Å². The summed E-state index contributed by atoms with van der Waals surface area (Å²) >= 11 is 0. The number of benzene rings is 1. The van der Waals surface area contributed by atoms with E-state index in [0.29, 0.717) is 25.1 Å². The van der Waals surface area contributed by atoms with Gasteiger partial charge in [0.15, 0.2) is 0 Å². The summed E-state index contributed by atoms with van der Waals surface area (Å²) in [7, 11) is 1.68. The van der Waals surface area contributed by atoms with Crippen molar-refractivity contribution in [3.05, 3.63) is 34.7 Å². The molecule has 2 aromatic rings. The number of carbonyl (C=O) groups excluding carboxylic acids is 1. The molecule has 1 saturated carbocycles. The smallest absolute Gasteiger partial charge is 0.349 e. The van der Waals surface area contributed by atoms with Crippen LogP contribution in [0.25, 0.3) is 10.9 Å². The molecule has 0 aliphatic heterocycles. The Kier molecular flexibility index (Phi) is 5.40. The molecule has 1 aliphatic carbocycles. The molecule has 3 rings (SSSR count). The molecule has 1 amide bonds. The van der Waals surface area contributed by atoms with Crippen LogP contribution in [0.5, 0.6) is 0 Å². The van der Waals surface area contributed by atoms with Gasteiger partial charge in [0.2, 0.25) is 5.91 Å². The molecule has 0 radical (unpaired) electrons. The molecule has 1 fully saturated rings. The van der Waals surface area contributed by atoms with Crippen LogP contribution < -0.4 is 16.3 Å². The predicted octanol–water partition coefficient (Wildman–Crippen LogP) is 3.35. The van der Waals surface area contributed by atoms with Crippen LogP contribution in [0.15, 0.2) is 29.1 Å². The number of nitrogens with zero attached hydrogens (tertiary/aromatic N) is 3. The number of carbonyl (C=O) groups is 1. The Hall–Kier alpha value is -2.88. The summed E-state index contributed by atoms with van der Waals surface area (Å²) < 4.78 is 1.49. The fourth-order valence-electron chi connectivity index (χ4n) is 3.31. The zero-order chi connectivity index (χ0) is 22.3. The minimum atomic E-state index is -0.759. The molecule has 1 aromatic carbocycles. The Morgan fingerprint density at radius 3 is 2.47 bits per heavy atom. The number of aryl methyl sites for hydroxylation is 1. The van der Waals surface area contributed by atoms with Crippen molar-refractivity contribution in [1.29, 1.82) is 5.26 Å². The highest BCUT2D eigenvalue weighted by Crippen LogP contribution is 2.42. The summed E-state index contributed by atoms with van der Waals surface area (Å²) in [6.45, 7) is 10.7. The van der Waals surface area contributed by atoms with Gasteiger partial charge in [0.1, 0.15) is 17.4 Å². The Labute approximate surface area is 177 Å². The van der Waals surface area contributed by atoms with Crippen molar-refractivity contribution in [2.45, 2.75) is 65.5 Å². The van der Waals surface area contributed by atoms with E-state index in [2.05, 4.69) is 56.3 Å². The summed E-state index contributed by atoms with van der Waals surface area (Å²) in [5.41, 5.74) is -0.653. The minimum Gasteiger partial charge on any atom is -0.358 e. The average Bonchev–Trinajstić information content (AvgIpc) is 3.44. The second-order valence-electron chi connectivity index (χ2n) is 10.0. The molecule has 2 N–H and O–H groups in total. The topological polar surface area (TPSA) is 99.8 Å². The van der Waals surface area contributed by atoms with Crippen LogP contribution in [0.2, 0.25) is 0 Å². The third kappa shape index (κ3) is 4.18. The lowest BCUT2D eigenvalue weighted by molar-refractivity contribution is -0.123. The summed E-state index contributed by atoms with van der Waals surface area (Å²) in [6, 6.07) is 9.06. The Balaban J connectivity index is 2.00. The standard InChI is InChI=1S/C23H31N5O2/c1-21(2,3)22(4,5)13-16(19(29)27-23(14-24)11-12-23)25-18-15-9-7-8-10-17(15)28(6)20(30)26-18/h7-10,16H,11-13H2,1-6H3,(H,27,29)(H,25,26,30)/t16-/m0/s1. The van der Waals surface area contributed by atoms with E-state index in [0.717, 1.165) is 10.9 Å². The number of amides is 1. The molecule has 1 aromatic heterocycles. The van der Waals surface area contributed by atoms with Crippen LogP contribution >= 0.6 is 0 Å². The SMILES string of the molecule is Cn1c(=O)nc(N[C@@H](CC(C)(C)C(C)(C)C)C(=O)NC2(C#N)CC2)c2ccccc21. The minimum absolute atomic E-state index is 0.0535. The maximum atomic E-state index is 13.2. The van der Waals surface area contributed by atoms with Gasteiger partial charge in [-0.05, 0) is 42.2 Å². The van der Waals surface area contributed by atoms with E-state index >= 15 is 0 Å². The zero-order valence-electron chi connectivity index (χ0n) is 18.7.